The van der Waals surface area contributed by atoms with Gasteiger partial charge >= 0.3 is 5.97 Å². The summed E-state index contributed by atoms with van der Waals surface area (Å²) >= 11 is 0. The first-order valence-corrected chi connectivity index (χ1v) is 8.74. The second kappa shape index (κ2) is 14.6. The highest BCUT2D eigenvalue weighted by atomic mass is 16.4. The van der Waals surface area contributed by atoms with Crippen LogP contribution in [0, 0.1) is 0 Å². The van der Waals surface area contributed by atoms with Crippen molar-refractivity contribution in [1.82, 2.24) is 0 Å². The molecule has 22 heavy (non-hydrogen) atoms. The zero-order valence-electron chi connectivity index (χ0n) is 14.0. The number of hydrogen-bond acceptors (Lipinski definition) is 3. The molecule has 2 N–H and O–H groups in total. The number of carbonyl (C=O) groups is 2. The number of carbonyl (C=O) groups excluding carboxylic acids is 1. The molecule has 0 bridgehead atoms. The second-order valence-corrected chi connectivity index (χ2v) is 5.94. The van der Waals surface area contributed by atoms with Gasteiger partial charge in [-0.25, -0.2) is 4.79 Å². The van der Waals surface area contributed by atoms with E-state index in [1.807, 2.05) is 0 Å². The predicted molar refractivity (Wildman–Crippen MR) is 89.0 cm³/mol. The van der Waals surface area contributed by atoms with E-state index >= 15 is 0 Å². The topological polar surface area (TPSA) is 74.6 Å². The molecule has 0 atom stereocenters. The number of aliphatic hydroxyl groups excluding tert-OH is 1. The lowest BCUT2D eigenvalue weighted by molar-refractivity contribution is -0.135. The third kappa shape index (κ3) is 13.7. The Morgan fingerprint density at radius 1 is 0.727 bits per heavy atom. The molecule has 0 aliphatic carbocycles. The van der Waals surface area contributed by atoms with Gasteiger partial charge in [0.2, 0.25) is 5.76 Å². The van der Waals surface area contributed by atoms with Crippen molar-refractivity contribution in [2.45, 2.75) is 90.4 Å². The third-order valence-corrected chi connectivity index (χ3v) is 3.79. The molecule has 0 unspecified atom stereocenters. The van der Waals surface area contributed by atoms with Gasteiger partial charge in [-0.15, -0.1) is 0 Å². The summed E-state index contributed by atoms with van der Waals surface area (Å²) in [7, 11) is 0. The number of carboxylic acids is 1. The van der Waals surface area contributed by atoms with Crippen LogP contribution in [0.2, 0.25) is 0 Å². The standard InChI is InChI=1S/C18H32O4/c1-2-3-4-5-6-7-8-9-10-11-12-13-14-16(19)15-17(20)18(21)22/h15,20H,2-14H2,1H3,(H,21,22). The molecule has 4 nitrogen and oxygen atoms in total. The maximum Gasteiger partial charge on any atom is 0.371 e. The van der Waals surface area contributed by atoms with Crippen LogP contribution in [0.1, 0.15) is 90.4 Å². The van der Waals surface area contributed by atoms with Crippen LogP contribution >= 0.6 is 0 Å². The summed E-state index contributed by atoms with van der Waals surface area (Å²) < 4.78 is 0. The van der Waals surface area contributed by atoms with Crippen molar-refractivity contribution >= 4 is 11.8 Å². The molecular weight excluding hydrogens is 280 g/mol. The Morgan fingerprint density at radius 3 is 1.55 bits per heavy atom. The monoisotopic (exact) mass is 312 g/mol. The van der Waals surface area contributed by atoms with Gasteiger partial charge in [0.15, 0.2) is 5.78 Å². The average Bonchev–Trinajstić information content (AvgIpc) is 2.48. The quantitative estimate of drug-likeness (QED) is 0.248. The van der Waals surface area contributed by atoms with Gasteiger partial charge in [-0.05, 0) is 6.42 Å². The lowest BCUT2D eigenvalue weighted by Crippen LogP contribution is -2.03. The molecule has 0 aliphatic rings. The normalized spacial score (nSPS) is 11.6. The fourth-order valence-corrected chi connectivity index (χ4v) is 2.43. The van der Waals surface area contributed by atoms with Crippen LogP contribution in [-0.2, 0) is 9.59 Å². The Morgan fingerprint density at radius 2 is 1.14 bits per heavy atom. The van der Waals surface area contributed by atoms with E-state index in [0.29, 0.717) is 6.42 Å². The highest BCUT2D eigenvalue weighted by Gasteiger charge is 2.06. The molecular formula is C18H32O4. The van der Waals surface area contributed by atoms with Crippen LogP contribution in [0.3, 0.4) is 0 Å². The lowest BCUT2D eigenvalue weighted by Gasteiger charge is -2.02. The van der Waals surface area contributed by atoms with E-state index < -0.39 is 11.7 Å². The molecule has 0 aromatic carbocycles. The van der Waals surface area contributed by atoms with Crippen LogP contribution in [0.4, 0.5) is 0 Å². The summed E-state index contributed by atoms with van der Waals surface area (Å²) in [6.45, 7) is 2.23. The van der Waals surface area contributed by atoms with Crippen LogP contribution in [0.15, 0.2) is 11.8 Å². The van der Waals surface area contributed by atoms with E-state index in [2.05, 4.69) is 6.92 Å². The minimum Gasteiger partial charge on any atom is -0.502 e. The van der Waals surface area contributed by atoms with E-state index in [-0.39, 0.29) is 5.78 Å². The molecule has 0 amide bonds. The van der Waals surface area contributed by atoms with Gasteiger partial charge in [-0.1, -0.05) is 77.6 Å². The molecule has 0 aliphatic heterocycles. The number of hydrogen-bond donors (Lipinski definition) is 2. The van der Waals surface area contributed by atoms with E-state index in [9.17, 15) is 9.59 Å². The number of unbranched alkanes of at least 4 members (excludes halogenated alkanes) is 11. The Kier molecular flexibility index (Phi) is 13.7. The smallest absolute Gasteiger partial charge is 0.371 e. The van der Waals surface area contributed by atoms with Gasteiger partial charge in [-0.2, -0.15) is 0 Å². The van der Waals surface area contributed by atoms with E-state index in [4.69, 9.17) is 10.2 Å². The van der Waals surface area contributed by atoms with Crippen molar-refractivity contribution < 1.29 is 19.8 Å². The first kappa shape index (κ1) is 20.7. The molecule has 0 radical (unpaired) electrons. The number of aliphatic carboxylic acids is 1. The number of rotatable bonds is 15. The van der Waals surface area contributed by atoms with E-state index in [1.165, 1.54) is 57.8 Å². The van der Waals surface area contributed by atoms with Gasteiger partial charge in [-0.3, -0.25) is 4.79 Å². The van der Waals surface area contributed by atoms with Crippen LogP contribution in [0.25, 0.3) is 0 Å². The highest BCUT2D eigenvalue weighted by molar-refractivity contribution is 5.97. The Labute approximate surface area is 134 Å². The molecule has 128 valence electrons. The zero-order chi connectivity index (χ0) is 16.6. The molecule has 0 heterocycles. The Bertz CT molecular complexity index is 334. The molecule has 4 heteroatoms. The van der Waals surface area contributed by atoms with E-state index in [1.54, 1.807) is 0 Å². The molecule has 0 fully saturated rings. The van der Waals surface area contributed by atoms with Crippen molar-refractivity contribution in [1.29, 1.82) is 0 Å². The molecule has 0 saturated carbocycles. The fraction of sp³-hybridized carbons (Fsp3) is 0.778. The number of ketones is 1. The lowest BCUT2D eigenvalue weighted by atomic mass is 10.0. The molecule has 0 saturated heterocycles. The zero-order valence-corrected chi connectivity index (χ0v) is 14.0. The molecule has 0 aromatic heterocycles. The maximum absolute atomic E-state index is 11.3. The summed E-state index contributed by atoms with van der Waals surface area (Å²) in [6, 6.07) is 0. The second-order valence-electron chi connectivity index (χ2n) is 5.94. The van der Waals surface area contributed by atoms with Gasteiger partial charge < -0.3 is 10.2 Å². The molecule has 0 aromatic rings. The molecule has 0 spiro atoms. The van der Waals surface area contributed by atoms with Crippen LogP contribution < -0.4 is 0 Å². The molecule has 0 rings (SSSR count). The van der Waals surface area contributed by atoms with Gasteiger partial charge in [0.25, 0.3) is 0 Å². The summed E-state index contributed by atoms with van der Waals surface area (Å²) in [5.41, 5.74) is 0. The highest BCUT2D eigenvalue weighted by Crippen LogP contribution is 2.12. The van der Waals surface area contributed by atoms with Crippen molar-refractivity contribution in [3.63, 3.8) is 0 Å². The van der Waals surface area contributed by atoms with Crippen LogP contribution in [0.5, 0.6) is 0 Å². The van der Waals surface area contributed by atoms with E-state index in [0.717, 1.165) is 25.3 Å². The minimum atomic E-state index is -1.46. The summed E-state index contributed by atoms with van der Waals surface area (Å²) in [5.74, 6) is -2.64. The third-order valence-electron chi connectivity index (χ3n) is 3.79. The summed E-state index contributed by atoms with van der Waals surface area (Å²) in [6.07, 6.45) is 15.9. The van der Waals surface area contributed by atoms with Gasteiger partial charge in [0, 0.05) is 12.5 Å². The van der Waals surface area contributed by atoms with Crippen molar-refractivity contribution in [3.05, 3.63) is 11.8 Å². The van der Waals surface area contributed by atoms with Gasteiger partial charge in [0.05, 0.1) is 0 Å². The first-order valence-electron chi connectivity index (χ1n) is 8.74. The summed E-state index contributed by atoms with van der Waals surface area (Å²) in [5, 5.41) is 17.4. The van der Waals surface area contributed by atoms with Crippen molar-refractivity contribution in [2.24, 2.45) is 0 Å². The maximum atomic E-state index is 11.3. The van der Waals surface area contributed by atoms with Crippen LogP contribution in [-0.4, -0.2) is 22.0 Å². The Balaban J connectivity index is 3.32. The Hall–Kier alpha value is -1.32. The van der Waals surface area contributed by atoms with Gasteiger partial charge in [0.1, 0.15) is 0 Å². The number of allylic oxidation sites excluding steroid dienone is 1. The first-order chi connectivity index (χ1) is 10.6. The average molecular weight is 312 g/mol. The predicted octanol–water partition coefficient (Wildman–Crippen LogP) is 5.17. The fourth-order valence-electron chi connectivity index (χ4n) is 2.43. The van der Waals surface area contributed by atoms with Crippen molar-refractivity contribution in [3.8, 4) is 0 Å². The number of aliphatic hydroxyl groups is 1. The van der Waals surface area contributed by atoms with Crippen molar-refractivity contribution in [2.75, 3.05) is 0 Å². The number of carboxylic acid groups (broad SMARTS) is 1. The minimum absolute atomic E-state index is 0.313. The SMILES string of the molecule is CCCCCCCCCCCCCCC(=O)C=C(O)C(=O)O. The largest absolute Gasteiger partial charge is 0.502 e. The summed E-state index contributed by atoms with van der Waals surface area (Å²) in [4.78, 5) is 21.7.